The molecular weight excluding hydrogens is 364 g/mol. The number of likely N-dealkylation sites (N-methyl/N-ethyl adjacent to an activating group) is 1. The first-order valence-corrected chi connectivity index (χ1v) is 9.02. The minimum absolute atomic E-state index is 0.113. The molecule has 1 saturated heterocycles. The van der Waals surface area contributed by atoms with Crippen molar-refractivity contribution in [2.45, 2.75) is 32.7 Å². The summed E-state index contributed by atoms with van der Waals surface area (Å²) in [6.45, 7) is 5.60. The fourth-order valence-electron chi connectivity index (χ4n) is 2.40. The molecular formula is C19H26N4O5. The second-order valence-corrected chi connectivity index (χ2v) is 6.69. The van der Waals surface area contributed by atoms with Crippen molar-refractivity contribution >= 4 is 24.1 Å². The van der Waals surface area contributed by atoms with Crippen LogP contribution in [-0.4, -0.2) is 66.8 Å². The summed E-state index contributed by atoms with van der Waals surface area (Å²) in [4.78, 5) is 37.5. The van der Waals surface area contributed by atoms with Gasteiger partial charge in [-0.05, 0) is 44.0 Å². The van der Waals surface area contributed by atoms with Crippen LogP contribution in [-0.2, 0) is 9.59 Å². The van der Waals surface area contributed by atoms with E-state index in [0.717, 1.165) is 5.01 Å². The minimum atomic E-state index is -0.943. The Hall–Kier alpha value is -3.10. The average molecular weight is 390 g/mol. The smallest absolute Gasteiger partial charge is 0.346 e. The first-order valence-electron chi connectivity index (χ1n) is 9.02. The molecule has 152 valence electrons. The Morgan fingerprint density at radius 2 is 1.96 bits per heavy atom. The van der Waals surface area contributed by atoms with Crippen molar-refractivity contribution in [1.82, 2.24) is 15.2 Å². The van der Waals surface area contributed by atoms with E-state index in [4.69, 9.17) is 9.47 Å². The van der Waals surface area contributed by atoms with Gasteiger partial charge in [-0.3, -0.25) is 9.59 Å². The topological polar surface area (TPSA) is 101 Å². The number of imide groups is 1. The van der Waals surface area contributed by atoms with E-state index in [1.165, 1.54) is 11.1 Å². The highest BCUT2D eigenvalue weighted by atomic mass is 16.5. The van der Waals surface area contributed by atoms with Crippen LogP contribution in [0.25, 0.3) is 0 Å². The fourth-order valence-corrected chi connectivity index (χ4v) is 2.40. The van der Waals surface area contributed by atoms with Gasteiger partial charge in [0.05, 0.1) is 12.8 Å². The SMILES string of the molecule is CCOc1cc(/C=N/N2C(=O)NC(C)(CC)C2=O)ccc1OCC(=O)N(C)C. The quantitative estimate of drug-likeness (QED) is 0.537. The largest absolute Gasteiger partial charge is 0.490 e. The molecule has 1 atom stereocenters. The number of carbonyl (C=O) groups is 3. The lowest BCUT2D eigenvalue weighted by atomic mass is 10.00. The summed E-state index contributed by atoms with van der Waals surface area (Å²) in [7, 11) is 3.29. The molecule has 1 aliphatic rings. The highest BCUT2D eigenvalue weighted by Gasteiger charge is 2.46. The number of carbonyl (C=O) groups excluding carboxylic acids is 3. The van der Waals surface area contributed by atoms with Crippen LogP contribution in [0.2, 0.25) is 0 Å². The molecule has 9 heteroatoms. The van der Waals surface area contributed by atoms with Gasteiger partial charge in [-0.2, -0.15) is 5.10 Å². The molecule has 1 fully saturated rings. The Morgan fingerprint density at radius 1 is 1.25 bits per heavy atom. The fraction of sp³-hybridized carbons (Fsp3) is 0.474. The number of nitrogens with one attached hydrogen (secondary N) is 1. The maximum Gasteiger partial charge on any atom is 0.346 e. The van der Waals surface area contributed by atoms with Gasteiger partial charge in [0, 0.05) is 14.1 Å². The molecule has 0 spiro atoms. The molecule has 1 aromatic rings. The highest BCUT2D eigenvalue weighted by molar-refractivity contribution is 6.07. The molecule has 4 amide bonds. The monoisotopic (exact) mass is 390 g/mol. The zero-order valence-electron chi connectivity index (χ0n) is 16.8. The van der Waals surface area contributed by atoms with Crippen molar-refractivity contribution in [3.63, 3.8) is 0 Å². The van der Waals surface area contributed by atoms with Gasteiger partial charge in [-0.1, -0.05) is 6.92 Å². The Kier molecular flexibility index (Phi) is 6.61. The molecule has 1 N–H and O–H groups in total. The van der Waals surface area contributed by atoms with Gasteiger partial charge in [0.25, 0.3) is 11.8 Å². The second-order valence-electron chi connectivity index (χ2n) is 6.69. The van der Waals surface area contributed by atoms with Gasteiger partial charge >= 0.3 is 6.03 Å². The van der Waals surface area contributed by atoms with E-state index >= 15 is 0 Å². The maximum atomic E-state index is 12.4. The third-order valence-corrected chi connectivity index (χ3v) is 4.39. The third-order valence-electron chi connectivity index (χ3n) is 4.39. The Balaban J connectivity index is 2.17. The minimum Gasteiger partial charge on any atom is -0.490 e. The Morgan fingerprint density at radius 3 is 2.54 bits per heavy atom. The number of hydrogen-bond acceptors (Lipinski definition) is 6. The van der Waals surface area contributed by atoms with Crippen molar-refractivity contribution in [1.29, 1.82) is 0 Å². The van der Waals surface area contributed by atoms with Crippen LogP contribution in [0.3, 0.4) is 0 Å². The van der Waals surface area contributed by atoms with E-state index in [1.54, 1.807) is 39.2 Å². The summed E-state index contributed by atoms with van der Waals surface area (Å²) in [5.74, 6) is 0.283. The van der Waals surface area contributed by atoms with E-state index in [-0.39, 0.29) is 12.5 Å². The van der Waals surface area contributed by atoms with Gasteiger partial charge in [0.2, 0.25) is 0 Å². The molecule has 0 aliphatic carbocycles. The first-order chi connectivity index (χ1) is 13.2. The molecule has 28 heavy (non-hydrogen) atoms. The number of hydrazone groups is 1. The number of benzene rings is 1. The zero-order chi connectivity index (χ0) is 20.9. The molecule has 0 aromatic heterocycles. The molecule has 9 nitrogen and oxygen atoms in total. The standard InChI is InChI=1S/C19H26N4O5/c1-6-19(3)17(25)23(18(26)21-19)20-11-13-8-9-14(15(10-13)27-7-2)28-12-16(24)22(4)5/h8-11H,6-7,12H2,1-5H3,(H,21,26)/b20-11+. The van der Waals surface area contributed by atoms with Crippen LogP contribution in [0.1, 0.15) is 32.8 Å². The lowest BCUT2D eigenvalue weighted by Crippen LogP contribution is -2.42. The average Bonchev–Trinajstić information content (AvgIpc) is 2.88. The van der Waals surface area contributed by atoms with Gasteiger partial charge in [0.1, 0.15) is 5.54 Å². The van der Waals surface area contributed by atoms with Crippen LogP contribution in [0, 0.1) is 0 Å². The number of urea groups is 1. The lowest BCUT2D eigenvalue weighted by Gasteiger charge is -2.17. The Bertz CT molecular complexity index is 793. The van der Waals surface area contributed by atoms with Crippen molar-refractivity contribution in [2.75, 3.05) is 27.3 Å². The summed E-state index contributed by atoms with van der Waals surface area (Å²) in [5.41, 5.74) is -0.331. The van der Waals surface area contributed by atoms with Crippen molar-refractivity contribution in [2.24, 2.45) is 5.10 Å². The lowest BCUT2D eigenvalue weighted by molar-refractivity contribution is -0.131. The van der Waals surface area contributed by atoms with Crippen molar-refractivity contribution < 1.29 is 23.9 Å². The van der Waals surface area contributed by atoms with Crippen molar-refractivity contribution in [3.05, 3.63) is 23.8 Å². The zero-order valence-corrected chi connectivity index (χ0v) is 16.8. The van der Waals surface area contributed by atoms with Crippen molar-refractivity contribution in [3.8, 4) is 11.5 Å². The highest BCUT2D eigenvalue weighted by Crippen LogP contribution is 2.28. The second kappa shape index (κ2) is 8.73. The number of rotatable bonds is 8. The Labute approximate surface area is 164 Å². The normalized spacial score (nSPS) is 19.1. The summed E-state index contributed by atoms with van der Waals surface area (Å²) >= 11 is 0. The van der Waals surface area contributed by atoms with E-state index < -0.39 is 17.5 Å². The van der Waals surface area contributed by atoms with E-state index in [2.05, 4.69) is 10.4 Å². The number of ether oxygens (including phenoxy) is 2. The summed E-state index contributed by atoms with van der Waals surface area (Å²) in [6.07, 6.45) is 1.87. The molecule has 0 saturated carbocycles. The molecule has 0 radical (unpaired) electrons. The van der Waals surface area contributed by atoms with E-state index in [0.29, 0.717) is 30.1 Å². The summed E-state index contributed by atoms with van der Waals surface area (Å²) in [5, 5.41) is 7.48. The van der Waals surface area contributed by atoms with Crippen LogP contribution in [0.4, 0.5) is 4.79 Å². The predicted molar refractivity (Wildman–Crippen MR) is 103 cm³/mol. The molecule has 0 bridgehead atoms. The summed E-state index contributed by atoms with van der Waals surface area (Å²) in [6, 6.07) is 4.45. The maximum absolute atomic E-state index is 12.4. The number of nitrogens with zero attached hydrogens (tertiary/aromatic N) is 3. The van der Waals surface area contributed by atoms with Crippen LogP contribution in [0.15, 0.2) is 23.3 Å². The molecule has 1 aromatic carbocycles. The van der Waals surface area contributed by atoms with Gasteiger partial charge < -0.3 is 19.7 Å². The number of amides is 4. The third kappa shape index (κ3) is 4.59. The molecule has 1 heterocycles. The molecule has 2 rings (SSSR count). The van der Waals surface area contributed by atoms with Gasteiger partial charge in [0.15, 0.2) is 18.1 Å². The van der Waals surface area contributed by atoms with Gasteiger partial charge in [-0.15, -0.1) is 5.01 Å². The van der Waals surface area contributed by atoms with Crippen LogP contribution < -0.4 is 14.8 Å². The molecule has 1 unspecified atom stereocenters. The van der Waals surface area contributed by atoms with Gasteiger partial charge in [-0.25, -0.2) is 4.79 Å². The first kappa shape index (κ1) is 21.2. The van der Waals surface area contributed by atoms with Crippen LogP contribution in [0.5, 0.6) is 11.5 Å². The molecule has 1 aliphatic heterocycles. The van der Waals surface area contributed by atoms with E-state index in [9.17, 15) is 14.4 Å². The number of hydrogen-bond donors (Lipinski definition) is 1. The van der Waals surface area contributed by atoms with Crippen LogP contribution >= 0.6 is 0 Å². The van der Waals surface area contributed by atoms with E-state index in [1.807, 2.05) is 13.8 Å². The predicted octanol–water partition coefficient (Wildman–Crippen LogP) is 1.61. The summed E-state index contributed by atoms with van der Waals surface area (Å²) < 4.78 is 11.1.